The van der Waals surface area contributed by atoms with Crippen molar-refractivity contribution in [3.63, 3.8) is 0 Å². The number of nitrogens with one attached hydrogen (secondary N) is 1. The van der Waals surface area contributed by atoms with Gasteiger partial charge in [-0.15, -0.1) is 0 Å². The molecule has 4 rings (SSSR count). The summed E-state index contributed by atoms with van der Waals surface area (Å²) in [6.45, 7) is 4.05. The van der Waals surface area contributed by atoms with E-state index in [9.17, 15) is 10.1 Å². The summed E-state index contributed by atoms with van der Waals surface area (Å²) >= 11 is 5.99. The lowest BCUT2D eigenvalue weighted by molar-refractivity contribution is -0.117. The number of nitriles is 1. The van der Waals surface area contributed by atoms with E-state index in [1.165, 1.54) is 0 Å². The molecule has 6 nitrogen and oxygen atoms in total. The summed E-state index contributed by atoms with van der Waals surface area (Å²) in [6.07, 6.45) is 2.33. The first-order valence-electron chi connectivity index (χ1n) is 9.92. The lowest BCUT2D eigenvalue weighted by Gasteiger charge is -2.19. The van der Waals surface area contributed by atoms with Crippen LogP contribution in [0, 0.1) is 31.1 Å². The van der Waals surface area contributed by atoms with Gasteiger partial charge in [-0.2, -0.15) is 5.26 Å². The zero-order chi connectivity index (χ0) is 22.0. The molecule has 2 atom stereocenters. The Hall–Kier alpha value is -3.43. The number of carbonyl (C=O) groups is 1. The number of hydrogen-bond acceptors (Lipinski definition) is 5. The second kappa shape index (κ2) is 8.37. The number of nitrogens with zero attached hydrogens (tertiary/aromatic N) is 3. The van der Waals surface area contributed by atoms with Crippen LogP contribution in [-0.4, -0.2) is 22.5 Å². The number of ether oxygens (including phenoxy) is 1. The molecule has 156 valence electrons. The van der Waals surface area contributed by atoms with E-state index in [2.05, 4.69) is 15.3 Å². The highest BCUT2D eigenvalue weighted by Gasteiger charge is 2.60. The molecular formula is C24H21ClN4O2. The van der Waals surface area contributed by atoms with Crippen molar-refractivity contribution >= 4 is 23.2 Å². The quantitative estimate of drug-likeness (QED) is 0.615. The van der Waals surface area contributed by atoms with Gasteiger partial charge in [0.2, 0.25) is 5.91 Å². The minimum Gasteiger partial charge on any atom is -0.489 e. The third kappa shape index (κ3) is 4.23. The Balaban J connectivity index is 1.55. The highest BCUT2D eigenvalue weighted by atomic mass is 35.5. The Morgan fingerprint density at radius 2 is 2.06 bits per heavy atom. The first-order chi connectivity index (χ1) is 14.9. The standard InChI is InChI=1S/C24H21ClN4O2/c1-15-22(13-27-16(2)28-15)31-14-24(18-6-4-3-5-7-18)11-20(24)23(30)29-19-8-9-21(25)17(10-19)12-26/h3-10,13,20H,11,14H2,1-2H3,(H,29,30)/t20-,24+/m0/s1. The molecular weight excluding hydrogens is 412 g/mol. The van der Waals surface area contributed by atoms with Gasteiger partial charge in [-0.3, -0.25) is 4.79 Å². The minimum absolute atomic E-state index is 0.115. The number of benzene rings is 2. The monoisotopic (exact) mass is 432 g/mol. The second-order valence-electron chi connectivity index (χ2n) is 7.73. The fourth-order valence-electron chi connectivity index (χ4n) is 3.82. The Bertz CT molecular complexity index is 1180. The van der Waals surface area contributed by atoms with Crippen LogP contribution in [0.15, 0.2) is 54.7 Å². The fraction of sp³-hybridized carbons (Fsp3) is 0.250. The fourth-order valence-corrected chi connectivity index (χ4v) is 3.98. The molecule has 1 aromatic heterocycles. The van der Waals surface area contributed by atoms with Gasteiger partial charge in [0, 0.05) is 11.1 Å². The van der Waals surface area contributed by atoms with Crippen molar-refractivity contribution in [2.24, 2.45) is 5.92 Å². The van der Waals surface area contributed by atoms with Gasteiger partial charge in [0.15, 0.2) is 5.75 Å². The van der Waals surface area contributed by atoms with Crippen LogP contribution >= 0.6 is 11.6 Å². The molecule has 31 heavy (non-hydrogen) atoms. The molecule has 0 bridgehead atoms. The van der Waals surface area contributed by atoms with Gasteiger partial charge in [0.1, 0.15) is 11.9 Å². The molecule has 3 aromatic rings. The summed E-state index contributed by atoms with van der Waals surface area (Å²) in [5.74, 6) is 0.924. The number of anilines is 1. The van der Waals surface area contributed by atoms with Crippen molar-refractivity contribution in [2.45, 2.75) is 25.7 Å². The van der Waals surface area contributed by atoms with E-state index in [1.807, 2.05) is 50.2 Å². The van der Waals surface area contributed by atoms with Crippen LogP contribution in [0.1, 0.15) is 29.1 Å². The van der Waals surface area contributed by atoms with E-state index in [0.29, 0.717) is 40.9 Å². The molecule has 0 radical (unpaired) electrons. The van der Waals surface area contributed by atoms with Crippen molar-refractivity contribution in [3.8, 4) is 11.8 Å². The molecule has 0 aliphatic heterocycles. The minimum atomic E-state index is -0.437. The molecule has 0 unspecified atom stereocenters. The van der Waals surface area contributed by atoms with Gasteiger partial charge >= 0.3 is 0 Å². The molecule has 1 amide bonds. The predicted molar refractivity (Wildman–Crippen MR) is 118 cm³/mol. The van der Waals surface area contributed by atoms with Crippen LogP contribution in [0.5, 0.6) is 5.75 Å². The zero-order valence-corrected chi connectivity index (χ0v) is 18.0. The van der Waals surface area contributed by atoms with E-state index < -0.39 is 5.41 Å². The van der Waals surface area contributed by atoms with Crippen LogP contribution < -0.4 is 10.1 Å². The van der Waals surface area contributed by atoms with Gasteiger partial charge in [0.25, 0.3) is 0 Å². The van der Waals surface area contributed by atoms with Gasteiger partial charge in [-0.25, -0.2) is 9.97 Å². The smallest absolute Gasteiger partial charge is 0.228 e. The zero-order valence-electron chi connectivity index (χ0n) is 17.2. The van der Waals surface area contributed by atoms with E-state index >= 15 is 0 Å². The number of aryl methyl sites for hydroxylation is 2. The first-order valence-corrected chi connectivity index (χ1v) is 10.3. The summed E-state index contributed by atoms with van der Waals surface area (Å²) in [5.41, 5.74) is 2.25. The molecule has 1 fully saturated rings. The van der Waals surface area contributed by atoms with Crippen molar-refractivity contribution in [3.05, 3.63) is 82.4 Å². The number of halogens is 1. The summed E-state index contributed by atoms with van der Waals surface area (Å²) in [6, 6.07) is 16.8. The van der Waals surface area contributed by atoms with E-state index in [4.69, 9.17) is 16.3 Å². The summed E-state index contributed by atoms with van der Waals surface area (Å²) in [7, 11) is 0. The SMILES string of the molecule is Cc1ncc(OC[C@@]2(c3ccccc3)C[C@H]2C(=O)Nc2ccc(Cl)c(C#N)c2)c(C)n1. The third-order valence-corrected chi connectivity index (χ3v) is 5.96. The topological polar surface area (TPSA) is 87.9 Å². The average molecular weight is 433 g/mol. The molecule has 1 N–H and O–H groups in total. The lowest BCUT2D eigenvalue weighted by atomic mass is 9.93. The van der Waals surface area contributed by atoms with Crippen molar-refractivity contribution in [2.75, 3.05) is 11.9 Å². The van der Waals surface area contributed by atoms with Gasteiger partial charge < -0.3 is 10.1 Å². The highest BCUT2D eigenvalue weighted by molar-refractivity contribution is 6.31. The maximum absolute atomic E-state index is 13.1. The number of amides is 1. The Morgan fingerprint density at radius 3 is 2.77 bits per heavy atom. The Morgan fingerprint density at radius 1 is 1.29 bits per heavy atom. The van der Waals surface area contributed by atoms with Gasteiger partial charge in [-0.05, 0) is 44.0 Å². The summed E-state index contributed by atoms with van der Waals surface area (Å²) in [4.78, 5) is 21.6. The summed E-state index contributed by atoms with van der Waals surface area (Å²) in [5, 5.41) is 12.4. The van der Waals surface area contributed by atoms with E-state index in [1.54, 1.807) is 24.4 Å². The maximum atomic E-state index is 13.1. The van der Waals surface area contributed by atoms with Gasteiger partial charge in [-0.1, -0.05) is 41.9 Å². The molecule has 0 saturated heterocycles. The molecule has 0 spiro atoms. The average Bonchev–Trinajstić information content (AvgIpc) is 3.51. The lowest BCUT2D eigenvalue weighted by Crippen LogP contribution is -2.26. The van der Waals surface area contributed by atoms with Crippen LogP contribution in [0.4, 0.5) is 5.69 Å². The molecule has 1 aliphatic carbocycles. The largest absolute Gasteiger partial charge is 0.489 e. The number of hydrogen-bond donors (Lipinski definition) is 1. The molecule has 1 heterocycles. The maximum Gasteiger partial charge on any atom is 0.228 e. The number of carbonyl (C=O) groups excluding carboxylic acids is 1. The van der Waals surface area contributed by atoms with Crippen LogP contribution in [0.3, 0.4) is 0 Å². The Labute approximate surface area is 185 Å². The highest BCUT2D eigenvalue weighted by Crippen LogP contribution is 2.55. The molecule has 1 saturated carbocycles. The number of rotatable bonds is 6. The van der Waals surface area contributed by atoms with Gasteiger partial charge in [0.05, 0.1) is 35.0 Å². The normalized spacial score (nSPS) is 19.4. The molecule has 1 aliphatic rings. The second-order valence-corrected chi connectivity index (χ2v) is 8.14. The van der Waals surface area contributed by atoms with Crippen molar-refractivity contribution < 1.29 is 9.53 Å². The third-order valence-electron chi connectivity index (χ3n) is 5.63. The van der Waals surface area contributed by atoms with E-state index in [0.717, 1.165) is 11.3 Å². The predicted octanol–water partition coefficient (Wildman–Crippen LogP) is 4.59. The van der Waals surface area contributed by atoms with Crippen LogP contribution in [0.2, 0.25) is 5.02 Å². The van der Waals surface area contributed by atoms with Crippen molar-refractivity contribution in [1.82, 2.24) is 9.97 Å². The summed E-state index contributed by atoms with van der Waals surface area (Å²) < 4.78 is 6.09. The number of aromatic nitrogens is 2. The molecule has 2 aromatic carbocycles. The van der Waals surface area contributed by atoms with Crippen LogP contribution in [0.25, 0.3) is 0 Å². The molecule has 7 heteroatoms. The van der Waals surface area contributed by atoms with Crippen molar-refractivity contribution in [1.29, 1.82) is 5.26 Å². The Kier molecular flexibility index (Phi) is 5.62. The van der Waals surface area contributed by atoms with Crippen LogP contribution in [-0.2, 0) is 10.2 Å². The van der Waals surface area contributed by atoms with E-state index in [-0.39, 0.29) is 11.8 Å². The first kappa shape index (κ1) is 20.8.